The van der Waals surface area contributed by atoms with Crippen LogP contribution in [-0.2, 0) is 4.79 Å². The number of rotatable bonds is 1. The molecule has 3 saturated carbocycles. The van der Waals surface area contributed by atoms with Gasteiger partial charge in [0.2, 0.25) is 0 Å². The van der Waals surface area contributed by atoms with Crippen LogP contribution in [0.4, 0.5) is 0 Å². The molecule has 0 aromatic carbocycles. The van der Waals surface area contributed by atoms with Crippen molar-refractivity contribution in [2.45, 2.75) is 83.8 Å². The fourth-order valence-corrected chi connectivity index (χ4v) is 7.03. The Morgan fingerprint density at radius 2 is 1.96 bits per heavy atom. The summed E-state index contributed by atoms with van der Waals surface area (Å²) < 4.78 is 22.7. The van der Waals surface area contributed by atoms with E-state index < -0.39 is 23.7 Å². The zero-order chi connectivity index (χ0) is 19.8. The van der Waals surface area contributed by atoms with Crippen LogP contribution in [0.5, 0.6) is 0 Å². The first kappa shape index (κ1) is 13.5. The van der Waals surface area contributed by atoms with E-state index in [9.17, 15) is 15.0 Å². The molecule has 3 fully saturated rings. The number of fused-ring (bicyclic) bond motifs is 5. The van der Waals surface area contributed by atoms with E-state index in [0.717, 1.165) is 38.5 Å². The van der Waals surface area contributed by atoms with Crippen molar-refractivity contribution in [3.8, 4) is 0 Å². The molecule has 4 aliphatic carbocycles. The Balaban J connectivity index is 1.68. The van der Waals surface area contributed by atoms with E-state index in [1.807, 2.05) is 6.92 Å². The number of ketones is 1. The second-order valence-corrected chi connectivity index (χ2v) is 9.34. The van der Waals surface area contributed by atoms with Gasteiger partial charge >= 0.3 is 0 Å². The molecule has 0 aromatic heterocycles. The number of aliphatic hydroxyl groups is 2. The van der Waals surface area contributed by atoms with E-state index in [-0.39, 0.29) is 23.9 Å². The van der Waals surface area contributed by atoms with Gasteiger partial charge in [0, 0.05) is 9.53 Å². The van der Waals surface area contributed by atoms with Crippen molar-refractivity contribution < 1.29 is 19.1 Å². The fourth-order valence-electron chi connectivity index (χ4n) is 7.03. The number of allylic oxidation sites excluding steroid dienone is 1. The molecule has 24 heavy (non-hydrogen) atoms. The van der Waals surface area contributed by atoms with Crippen LogP contribution < -0.4 is 0 Å². The molecule has 0 saturated heterocycles. The van der Waals surface area contributed by atoms with E-state index in [1.54, 1.807) is 0 Å². The second kappa shape index (κ2) is 5.17. The summed E-state index contributed by atoms with van der Waals surface area (Å²) in [7, 11) is 0. The van der Waals surface area contributed by atoms with E-state index in [1.165, 1.54) is 5.57 Å². The van der Waals surface area contributed by atoms with Gasteiger partial charge in [-0.3, -0.25) is 4.79 Å². The van der Waals surface area contributed by atoms with Crippen molar-refractivity contribution in [3.05, 3.63) is 11.6 Å². The molecule has 134 valence electrons. The predicted molar refractivity (Wildman–Crippen MR) is 93.3 cm³/mol. The van der Waals surface area contributed by atoms with Gasteiger partial charge in [-0.15, -0.1) is 0 Å². The van der Waals surface area contributed by atoms with Crippen LogP contribution in [-0.4, -0.2) is 27.7 Å². The monoisotopic (exact) mass is 338 g/mol. The van der Waals surface area contributed by atoms with Crippen molar-refractivity contribution in [1.82, 2.24) is 0 Å². The van der Waals surface area contributed by atoms with Gasteiger partial charge in [0.15, 0.2) is 5.78 Å². The molecule has 3 nitrogen and oxygen atoms in total. The van der Waals surface area contributed by atoms with Gasteiger partial charge < -0.3 is 10.2 Å². The van der Waals surface area contributed by atoms with Gasteiger partial charge in [0.25, 0.3) is 0 Å². The third-order valence-corrected chi connectivity index (χ3v) is 8.61. The Morgan fingerprint density at radius 3 is 2.71 bits per heavy atom. The average Bonchev–Trinajstić information content (AvgIpc) is 2.86. The Bertz CT molecular complexity index is 687. The first-order chi connectivity index (χ1) is 12.4. The molecule has 0 aromatic rings. The summed E-state index contributed by atoms with van der Waals surface area (Å²) in [5.74, 6) is 0.0889. The first-order valence-corrected chi connectivity index (χ1v) is 9.58. The highest BCUT2D eigenvalue weighted by Gasteiger charge is 2.65. The Morgan fingerprint density at radius 1 is 1.21 bits per heavy atom. The van der Waals surface area contributed by atoms with Crippen LogP contribution in [0.1, 0.15) is 76.2 Å². The summed E-state index contributed by atoms with van der Waals surface area (Å²) in [5, 5.41) is 21.4. The SMILES string of the molecule is [3H]C([3H])([3H])C(=O)[C@@]1(O)CC[C@H]2[C@@H]3CC=C4C[C@@H](O)CC[C@]4(C)[C@H]3CC[C@@]21C. The molecule has 0 heterocycles. The Hall–Kier alpha value is -0.670. The minimum atomic E-state index is -2.76. The van der Waals surface area contributed by atoms with Crippen LogP contribution >= 0.6 is 0 Å². The van der Waals surface area contributed by atoms with Gasteiger partial charge in [-0.1, -0.05) is 25.5 Å². The number of Topliss-reactive ketones (excluding diaryl/α,β-unsaturated/α-hetero) is 1. The van der Waals surface area contributed by atoms with E-state index in [0.29, 0.717) is 18.3 Å². The second-order valence-electron chi connectivity index (χ2n) is 9.34. The number of hydrogen-bond acceptors (Lipinski definition) is 3. The highest BCUT2D eigenvalue weighted by molar-refractivity contribution is 5.86. The summed E-state index contributed by atoms with van der Waals surface area (Å²) in [6.07, 6.45) is 8.17. The number of aliphatic hydroxyl groups excluding tert-OH is 1. The lowest BCUT2D eigenvalue weighted by atomic mass is 9.47. The normalized spacial score (nSPS) is 56.0. The van der Waals surface area contributed by atoms with E-state index >= 15 is 0 Å². The molecule has 0 amide bonds. The lowest BCUT2D eigenvalue weighted by Crippen LogP contribution is -2.56. The van der Waals surface area contributed by atoms with Gasteiger partial charge in [-0.05, 0) is 81.4 Å². The third kappa shape index (κ3) is 1.94. The maximum absolute atomic E-state index is 12.7. The summed E-state index contributed by atoms with van der Waals surface area (Å²) in [5.41, 5.74) is -0.909. The highest BCUT2D eigenvalue weighted by atomic mass is 16.3. The van der Waals surface area contributed by atoms with Gasteiger partial charge in [-0.2, -0.15) is 0 Å². The van der Waals surface area contributed by atoms with Crippen molar-refractivity contribution in [1.29, 1.82) is 0 Å². The molecule has 3 heteroatoms. The maximum atomic E-state index is 12.7. The largest absolute Gasteiger partial charge is 0.393 e. The zero-order valence-corrected chi connectivity index (χ0v) is 14.8. The van der Waals surface area contributed by atoms with Crippen LogP contribution in [0.15, 0.2) is 11.6 Å². The number of carbonyl (C=O) groups is 1. The molecule has 0 radical (unpaired) electrons. The topological polar surface area (TPSA) is 57.5 Å². The minimum absolute atomic E-state index is 0.0955. The van der Waals surface area contributed by atoms with Crippen molar-refractivity contribution >= 4 is 5.78 Å². The molecule has 4 aliphatic rings. The van der Waals surface area contributed by atoms with Crippen LogP contribution in [0.25, 0.3) is 0 Å². The third-order valence-electron chi connectivity index (χ3n) is 8.61. The molecular weight excluding hydrogens is 300 g/mol. The molecule has 0 spiro atoms. The quantitative estimate of drug-likeness (QED) is 0.718. The molecular formula is C21H32O3. The van der Waals surface area contributed by atoms with Crippen molar-refractivity contribution in [2.24, 2.45) is 28.6 Å². The van der Waals surface area contributed by atoms with Crippen LogP contribution in [0, 0.1) is 28.6 Å². The molecule has 0 aliphatic heterocycles. The van der Waals surface area contributed by atoms with Gasteiger partial charge in [0.05, 0.1) is 6.10 Å². The number of hydrogen-bond donors (Lipinski definition) is 2. The lowest BCUT2D eigenvalue weighted by molar-refractivity contribution is -0.159. The maximum Gasteiger partial charge on any atom is 0.161 e. The van der Waals surface area contributed by atoms with Crippen molar-refractivity contribution in [3.63, 3.8) is 0 Å². The summed E-state index contributed by atoms with van der Waals surface area (Å²) in [6, 6.07) is 0. The predicted octanol–water partition coefficient (Wildman–Crippen LogP) is 3.63. The first-order valence-electron chi connectivity index (χ1n) is 11.1. The van der Waals surface area contributed by atoms with E-state index in [2.05, 4.69) is 13.0 Å². The summed E-state index contributed by atoms with van der Waals surface area (Å²) in [6.45, 7) is 1.53. The zero-order valence-electron chi connectivity index (χ0n) is 17.8. The molecule has 0 unspecified atom stereocenters. The fraction of sp³-hybridized carbons (Fsp3) is 0.857. The van der Waals surface area contributed by atoms with Gasteiger partial charge in [0.1, 0.15) is 5.60 Å². The number of carbonyl (C=O) groups excluding carboxylic acids is 1. The molecule has 0 bridgehead atoms. The smallest absolute Gasteiger partial charge is 0.161 e. The highest BCUT2D eigenvalue weighted by Crippen LogP contribution is 2.67. The Labute approximate surface area is 149 Å². The molecule has 4 rings (SSSR count). The molecule has 7 atom stereocenters. The van der Waals surface area contributed by atoms with E-state index in [4.69, 9.17) is 4.11 Å². The average molecular weight is 339 g/mol. The summed E-state index contributed by atoms with van der Waals surface area (Å²) in [4.78, 5) is 12.7. The minimum Gasteiger partial charge on any atom is -0.393 e. The summed E-state index contributed by atoms with van der Waals surface area (Å²) >= 11 is 0. The van der Waals surface area contributed by atoms with Crippen LogP contribution in [0.2, 0.25) is 0 Å². The lowest BCUT2D eigenvalue weighted by Gasteiger charge is -2.58. The van der Waals surface area contributed by atoms with Crippen molar-refractivity contribution in [2.75, 3.05) is 0 Å². The van der Waals surface area contributed by atoms with Crippen LogP contribution in [0.3, 0.4) is 0 Å². The Kier molecular flexibility index (Phi) is 2.91. The van der Waals surface area contributed by atoms with Gasteiger partial charge in [-0.25, -0.2) is 0 Å². The standard InChI is InChI=1S/C21H32O3/c1-13(22)21(24)11-8-18-16-5-4-14-12-15(23)6-9-19(14,2)17(16)7-10-20(18,21)3/h4,15-18,23-24H,5-12H2,1-3H3/t15-,16+,17-,18-,19-,20-,21-/m0/s1/i1T3. The molecule has 2 N–H and O–H groups in total.